The second kappa shape index (κ2) is 6.93. The Bertz CT molecular complexity index is 632. The van der Waals surface area contributed by atoms with Gasteiger partial charge in [-0.25, -0.2) is 17.9 Å². The van der Waals surface area contributed by atoms with Gasteiger partial charge in [0.1, 0.15) is 0 Å². The highest BCUT2D eigenvalue weighted by atomic mass is 32.2. The van der Waals surface area contributed by atoms with Crippen LogP contribution >= 0.6 is 0 Å². The molecule has 0 heterocycles. The summed E-state index contributed by atoms with van der Waals surface area (Å²) in [6.45, 7) is 0.182. The topological polar surface area (TPSA) is 98.5 Å². The fourth-order valence-corrected chi connectivity index (χ4v) is 2.82. The van der Waals surface area contributed by atoms with Gasteiger partial charge in [-0.3, -0.25) is 0 Å². The van der Waals surface area contributed by atoms with Crippen molar-refractivity contribution in [3.63, 3.8) is 0 Å². The van der Waals surface area contributed by atoms with Crippen molar-refractivity contribution >= 4 is 21.7 Å². The number of esters is 1. The van der Waals surface area contributed by atoms with E-state index in [0.717, 1.165) is 0 Å². The molecule has 0 bridgehead atoms. The molecule has 0 unspecified atom stereocenters. The van der Waals surface area contributed by atoms with Crippen LogP contribution in [0.15, 0.2) is 23.1 Å². The van der Waals surface area contributed by atoms with Crippen molar-refractivity contribution in [1.29, 1.82) is 0 Å². The summed E-state index contributed by atoms with van der Waals surface area (Å²) >= 11 is 0. The van der Waals surface area contributed by atoms with E-state index in [-0.39, 0.29) is 22.7 Å². The summed E-state index contributed by atoms with van der Waals surface area (Å²) in [6.07, 6.45) is 6.05. The number of hydrogen-bond donors (Lipinski definition) is 2. The standard InChI is InChI=1S/C13H16N2O4S/c1-3-4-5-8-15-20(17,18)12-9-10(14)6-7-11(12)13(16)19-2/h1,6-7,9,15H,4-5,8,14H2,2H3. The molecule has 0 radical (unpaired) electrons. The van der Waals surface area contributed by atoms with Gasteiger partial charge < -0.3 is 10.5 Å². The molecule has 3 N–H and O–H groups in total. The molecule has 108 valence electrons. The third-order valence-corrected chi connectivity index (χ3v) is 3.99. The first kappa shape index (κ1) is 16.0. The SMILES string of the molecule is C#CCCCNS(=O)(=O)c1cc(N)ccc1C(=O)OC. The van der Waals surface area contributed by atoms with Gasteiger partial charge in [-0.2, -0.15) is 0 Å². The predicted octanol–water partition coefficient (Wildman–Crippen LogP) is 0.747. The zero-order chi connectivity index (χ0) is 15.2. The summed E-state index contributed by atoms with van der Waals surface area (Å²) in [4.78, 5) is 11.4. The normalized spacial score (nSPS) is 10.8. The van der Waals surface area contributed by atoms with Gasteiger partial charge >= 0.3 is 5.97 Å². The molecule has 1 rings (SSSR count). The molecule has 0 spiro atoms. The lowest BCUT2D eigenvalue weighted by Crippen LogP contribution is -2.26. The predicted molar refractivity (Wildman–Crippen MR) is 75.4 cm³/mol. The molecule has 6 nitrogen and oxygen atoms in total. The van der Waals surface area contributed by atoms with Crippen molar-refractivity contribution in [2.75, 3.05) is 19.4 Å². The van der Waals surface area contributed by atoms with Crippen LogP contribution < -0.4 is 10.5 Å². The molecule has 0 saturated carbocycles. The maximum absolute atomic E-state index is 12.2. The summed E-state index contributed by atoms with van der Waals surface area (Å²) in [6, 6.07) is 3.97. The number of sulfonamides is 1. The van der Waals surface area contributed by atoms with E-state index in [4.69, 9.17) is 12.2 Å². The number of methoxy groups -OCH3 is 1. The summed E-state index contributed by atoms with van der Waals surface area (Å²) in [7, 11) is -2.67. The number of terminal acetylenes is 1. The second-order valence-electron chi connectivity index (χ2n) is 3.95. The zero-order valence-corrected chi connectivity index (χ0v) is 11.9. The number of nitrogens with two attached hydrogens (primary N) is 1. The van der Waals surface area contributed by atoms with Crippen molar-refractivity contribution in [3.8, 4) is 12.3 Å². The van der Waals surface area contributed by atoms with E-state index in [9.17, 15) is 13.2 Å². The summed E-state index contributed by atoms with van der Waals surface area (Å²) < 4.78 is 31.3. The average Bonchev–Trinajstić information content (AvgIpc) is 2.42. The molecule has 0 aliphatic carbocycles. The number of hydrogen-bond acceptors (Lipinski definition) is 5. The first-order valence-electron chi connectivity index (χ1n) is 5.83. The van der Waals surface area contributed by atoms with Gasteiger partial charge in [0.2, 0.25) is 10.0 Å². The minimum Gasteiger partial charge on any atom is -0.465 e. The maximum atomic E-state index is 12.2. The van der Waals surface area contributed by atoms with Gasteiger partial charge in [0, 0.05) is 18.7 Å². The van der Waals surface area contributed by atoms with E-state index in [1.807, 2.05) is 0 Å². The van der Waals surface area contributed by atoms with Gasteiger partial charge in [0.25, 0.3) is 0 Å². The van der Waals surface area contributed by atoms with Crippen LogP contribution in [0.5, 0.6) is 0 Å². The Kier molecular flexibility index (Phi) is 5.55. The van der Waals surface area contributed by atoms with Crippen LogP contribution in [0, 0.1) is 12.3 Å². The lowest BCUT2D eigenvalue weighted by molar-refractivity contribution is 0.0596. The van der Waals surface area contributed by atoms with Crippen LogP contribution in [-0.2, 0) is 14.8 Å². The third kappa shape index (κ3) is 3.98. The van der Waals surface area contributed by atoms with E-state index in [1.54, 1.807) is 0 Å². The zero-order valence-electron chi connectivity index (χ0n) is 11.0. The number of unbranched alkanes of at least 4 members (excludes halogenated alkanes) is 1. The Morgan fingerprint density at radius 2 is 2.20 bits per heavy atom. The van der Waals surface area contributed by atoms with Gasteiger partial charge in [-0.05, 0) is 24.6 Å². The smallest absolute Gasteiger partial charge is 0.339 e. The fourth-order valence-electron chi connectivity index (χ4n) is 1.51. The Morgan fingerprint density at radius 3 is 2.80 bits per heavy atom. The van der Waals surface area contributed by atoms with Crippen molar-refractivity contribution in [2.45, 2.75) is 17.7 Å². The van der Waals surface area contributed by atoms with Crippen molar-refractivity contribution in [2.24, 2.45) is 0 Å². The molecule has 1 aromatic rings. The van der Waals surface area contributed by atoms with Crippen LogP contribution in [0.4, 0.5) is 5.69 Å². The molecule has 0 aliphatic rings. The molecule has 0 amide bonds. The van der Waals surface area contributed by atoms with Crippen LogP contribution in [0.2, 0.25) is 0 Å². The molecule has 1 aromatic carbocycles. The van der Waals surface area contributed by atoms with E-state index in [0.29, 0.717) is 12.8 Å². The van der Waals surface area contributed by atoms with Gasteiger partial charge in [-0.15, -0.1) is 12.3 Å². The van der Waals surface area contributed by atoms with E-state index < -0.39 is 16.0 Å². The van der Waals surface area contributed by atoms with E-state index >= 15 is 0 Å². The van der Waals surface area contributed by atoms with Gasteiger partial charge in [0.05, 0.1) is 17.6 Å². The number of nitrogens with one attached hydrogen (secondary N) is 1. The molecular formula is C13H16N2O4S. The van der Waals surface area contributed by atoms with Crippen molar-refractivity contribution in [3.05, 3.63) is 23.8 Å². The molecular weight excluding hydrogens is 280 g/mol. The molecule has 7 heteroatoms. The van der Waals surface area contributed by atoms with Gasteiger partial charge in [0.15, 0.2) is 0 Å². The molecule has 0 saturated heterocycles. The summed E-state index contributed by atoms with van der Waals surface area (Å²) in [5, 5.41) is 0. The molecule has 0 fully saturated rings. The van der Waals surface area contributed by atoms with Crippen LogP contribution in [-0.4, -0.2) is 28.0 Å². The first-order chi connectivity index (χ1) is 9.42. The Morgan fingerprint density at radius 1 is 1.50 bits per heavy atom. The minimum absolute atomic E-state index is 0.0638. The van der Waals surface area contributed by atoms with Crippen molar-refractivity contribution in [1.82, 2.24) is 4.72 Å². The largest absolute Gasteiger partial charge is 0.465 e. The monoisotopic (exact) mass is 296 g/mol. The van der Waals surface area contributed by atoms with Crippen LogP contribution in [0.1, 0.15) is 23.2 Å². The molecule has 20 heavy (non-hydrogen) atoms. The first-order valence-corrected chi connectivity index (χ1v) is 7.31. The highest BCUT2D eigenvalue weighted by molar-refractivity contribution is 7.89. The fraction of sp³-hybridized carbons (Fsp3) is 0.308. The highest BCUT2D eigenvalue weighted by Gasteiger charge is 2.22. The van der Waals surface area contributed by atoms with Crippen LogP contribution in [0.25, 0.3) is 0 Å². The molecule has 0 aliphatic heterocycles. The lowest BCUT2D eigenvalue weighted by Gasteiger charge is -2.10. The van der Waals surface area contributed by atoms with Crippen LogP contribution in [0.3, 0.4) is 0 Å². The highest BCUT2D eigenvalue weighted by Crippen LogP contribution is 2.20. The van der Waals surface area contributed by atoms with Crippen molar-refractivity contribution < 1.29 is 17.9 Å². The summed E-state index contributed by atoms with van der Waals surface area (Å²) in [5.41, 5.74) is 5.75. The van der Waals surface area contributed by atoms with Gasteiger partial charge in [-0.1, -0.05) is 0 Å². The third-order valence-electron chi connectivity index (χ3n) is 2.49. The molecule has 0 aromatic heterocycles. The lowest BCUT2D eigenvalue weighted by atomic mass is 10.2. The number of ether oxygens (including phenoxy) is 1. The number of rotatable bonds is 6. The van der Waals surface area contributed by atoms with E-state index in [1.165, 1.54) is 25.3 Å². The average molecular weight is 296 g/mol. The summed E-state index contributed by atoms with van der Waals surface area (Å²) in [5.74, 6) is 1.67. The minimum atomic E-state index is -3.85. The Balaban J connectivity index is 3.07. The number of carbonyl (C=O) groups is 1. The Hall–Kier alpha value is -2.04. The number of nitrogen functional groups attached to an aromatic ring is 1. The second-order valence-corrected chi connectivity index (χ2v) is 5.69. The number of carbonyl (C=O) groups excluding carboxylic acids is 1. The van der Waals surface area contributed by atoms with E-state index in [2.05, 4.69) is 15.4 Å². The number of anilines is 1. The maximum Gasteiger partial charge on any atom is 0.339 e. The number of benzene rings is 1. The quantitative estimate of drug-likeness (QED) is 0.349. The molecule has 0 atom stereocenters. The Labute approximate surface area is 118 Å².